The van der Waals surface area contributed by atoms with Crippen molar-refractivity contribution in [1.29, 1.82) is 0 Å². The molecule has 0 aliphatic rings. The average molecular weight is 376 g/mol. The van der Waals surface area contributed by atoms with Crippen LogP contribution in [0.2, 0.25) is 0 Å². The van der Waals surface area contributed by atoms with Crippen LogP contribution in [0.1, 0.15) is 52.4 Å². The fourth-order valence-corrected chi connectivity index (χ4v) is 1.35. The summed E-state index contributed by atoms with van der Waals surface area (Å²) in [7, 11) is 0. The number of esters is 2. The molecule has 0 N–H and O–H groups in total. The number of ether oxygens (including phenoxy) is 2. The number of hydrogen-bond acceptors (Lipinski definition) is 4. The second-order valence-electron chi connectivity index (χ2n) is 4.56. The number of rotatable bonds is 10. The summed E-state index contributed by atoms with van der Waals surface area (Å²) in [5.74, 6) is -0.554. The van der Waals surface area contributed by atoms with Crippen molar-refractivity contribution < 1.29 is 38.5 Å². The molecule has 0 heterocycles. The van der Waals surface area contributed by atoms with E-state index >= 15 is 0 Å². The van der Waals surface area contributed by atoms with Crippen molar-refractivity contribution in [2.24, 2.45) is 0 Å². The first-order chi connectivity index (χ1) is 10.4. The van der Waals surface area contributed by atoms with Crippen LogP contribution in [0.25, 0.3) is 0 Å². The second-order valence-corrected chi connectivity index (χ2v) is 4.56. The summed E-state index contributed by atoms with van der Waals surface area (Å²) in [6, 6.07) is 0. The molecule has 0 amide bonds. The molecule has 5 heteroatoms. The van der Waals surface area contributed by atoms with Gasteiger partial charge in [0.25, 0.3) is 0 Å². The van der Waals surface area contributed by atoms with Gasteiger partial charge in [0.15, 0.2) is 0 Å². The molecule has 0 aromatic carbocycles. The normalized spacial score (nSPS) is 8.87. The molecule has 128 valence electrons. The Labute approximate surface area is 154 Å². The Bertz CT molecular complexity index is 317. The Morgan fingerprint density at radius 1 is 0.826 bits per heavy atom. The molecule has 0 atom stereocenters. The predicted molar refractivity (Wildman–Crippen MR) is 90.0 cm³/mol. The first-order valence-corrected chi connectivity index (χ1v) is 7.72. The Kier molecular flexibility index (Phi) is 22.3. The van der Waals surface area contributed by atoms with E-state index in [0.717, 1.165) is 25.7 Å². The molecule has 0 saturated carbocycles. The Morgan fingerprint density at radius 2 is 1.13 bits per heavy atom. The number of carbonyl (C=O) groups excluding carboxylic acids is 2. The fourth-order valence-electron chi connectivity index (χ4n) is 1.35. The van der Waals surface area contributed by atoms with Crippen LogP contribution in [0, 0.1) is 13.8 Å². The first-order valence-electron chi connectivity index (χ1n) is 7.72. The third-order valence-corrected chi connectivity index (χ3v) is 2.59. The molecular formula is C18H30O4Zn. The number of carbonyl (C=O) groups is 2. The molecule has 0 aliphatic heterocycles. The summed E-state index contributed by atoms with van der Waals surface area (Å²) in [5.41, 5.74) is 1.10. The maximum absolute atomic E-state index is 10.9. The topological polar surface area (TPSA) is 52.6 Å². The van der Waals surface area contributed by atoms with Crippen LogP contribution in [0.5, 0.6) is 0 Å². The van der Waals surface area contributed by atoms with Crippen LogP contribution < -0.4 is 0 Å². The van der Waals surface area contributed by atoms with Crippen molar-refractivity contribution in [2.75, 3.05) is 13.2 Å². The molecule has 0 spiro atoms. The molecule has 23 heavy (non-hydrogen) atoms. The summed E-state index contributed by atoms with van der Waals surface area (Å²) < 4.78 is 9.48. The van der Waals surface area contributed by atoms with Gasteiger partial charge < -0.3 is 23.3 Å². The van der Waals surface area contributed by atoms with Crippen LogP contribution in [0.15, 0.2) is 24.3 Å². The van der Waals surface area contributed by atoms with E-state index in [1.54, 1.807) is 13.8 Å². The van der Waals surface area contributed by atoms with Gasteiger partial charge in [0, 0.05) is 11.1 Å². The van der Waals surface area contributed by atoms with Crippen LogP contribution in [0.4, 0.5) is 0 Å². The van der Waals surface area contributed by atoms with Gasteiger partial charge in [0.05, 0.1) is 13.2 Å². The van der Waals surface area contributed by atoms with E-state index < -0.39 is 0 Å². The van der Waals surface area contributed by atoms with E-state index in [1.165, 1.54) is 0 Å². The second kappa shape index (κ2) is 19.1. The average Bonchev–Trinajstić information content (AvgIpc) is 2.51. The van der Waals surface area contributed by atoms with E-state index in [9.17, 15) is 9.59 Å². The molecular weight excluding hydrogens is 346 g/mol. The van der Waals surface area contributed by atoms with Gasteiger partial charge in [-0.25, -0.2) is 9.59 Å². The molecule has 0 aliphatic carbocycles. The SMILES string of the molecule is C=C(CCC[CH2-])C(=O)OCC.C=C(CCC[CH2-])C(=O)OCC.[Zn+2]. The van der Waals surface area contributed by atoms with Crippen molar-refractivity contribution in [3.05, 3.63) is 38.2 Å². The molecule has 0 radical (unpaired) electrons. The molecule has 0 aromatic rings. The summed E-state index contributed by atoms with van der Waals surface area (Å²) in [6.45, 7) is 19.0. The molecule has 0 fully saturated rings. The number of hydrogen-bond donors (Lipinski definition) is 0. The van der Waals surface area contributed by atoms with E-state index in [-0.39, 0.29) is 31.4 Å². The van der Waals surface area contributed by atoms with Crippen molar-refractivity contribution in [3.8, 4) is 0 Å². The summed E-state index contributed by atoms with van der Waals surface area (Å²) in [4.78, 5) is 21.8. The fraction of sp³-hybridized carbons (Fsp3) is 0.556. The van der Waals surface area contributed by atoms with Crippen LogP contribution >= 0.6 is 0 Å². The van der Waals surface area contributed by atoms with Crippen molar-refractivity contribution in [2.45, 2.75) is 52.4 Å². The van der Waals surface area contributed by atoms with Gasteiger partial charge in [-0.05, 0) is 26.7 Å². The van der Waals surface area contributed by atoms with Gasteiger partial charge in [0.2, 0.25) is 0 Å². The van der Waals surface area contributed by atoms with Gasteiger partial charge in [-0.1, -0.05) is 26.0 Å². The van der Waals surface area contributed by atoms with Crippen LogP contribution in [-0.4, -0.2) is 25.2 Å². The summed E-state index contributed by atoms with van der Waals surface area (Å²) >= 11 is 0. The molecule has 0 unspecified atom stereocenters. The molecule has 0 saturated heterocycles. The predicted octanol–water partition coefficient (Wildman–Crippen LogP) is 4.22. The minimum atomic E-state index is -0.277. The van der Waals surface area contributed by atoms with Crippen molar-refractivity contribution in [3.63, 3.8) is 0 Å². The zero-order valence-corrected chi connectivity index (χ0v) is 17.8. The maximum Gasteiger partial charge on any atom is 2.00 e. The van der Waals surface area contributed by atoms with Crippen molar-refractivity contribution >= 4 is 11.9 Å². The van der Waals surface area contributed by atoms with Crippen LogP contribution in [0.3, 0.4) is 0 Å². The van der Waals surface area contributed by atoms with E-state index in [2.05, 4.69) is 27.0 Å². The van der Waals surface area contributed by atoms with Gasteiger partial charge in [-0.2, -0.15) is 12.8 Å². The molecule has 4 nitrogen and oxygen atoms in total. The first kappa shape index (κ1) is 26.9. The maximum atomic E-state index is 10.9. The third kappa shape index (κ3) is 17.2. The van der Waals surface area contributed by atoms with Gasteiger partial charge >= 0.3 is 31.4 Å². The van der Waals surface area contributed by atoms with Gasteiger partial charge in [-0.3, -0.25) is 0 Å². The molecule has 0 aromatic heterocycles. The van der Waals surface area contributed by atoms with E-state index in [1.807, 2.05) is 0 Å². The smallest absolute Gasteiger partial charge is 0.463 e. The Hall–Kier alpha value is -0.957. The Balaban J connectivity index is -0.000000333. The standard InChI is InChI=1S/2C9H15O2.Zn/c2*1-4-6-7-8(3)9(10)11-5-2;/h2*1,3-7H2,2H3;/q2*-1;+2. The van der Waals surface area contributed by atoms with Crippen LogP contribution in [-0.2, 0) is 38.5 Å². The molecule has 0 rings (SSSR count). The monoisotopic (exact) mass is 374 g/mol. The Morgan fingerprint density at radius 3 is 1.35 bits per heavy atom. The van der Waals surface area contributed by atoms with E-state index in [0.29, 0.717) is 37.2 Å². The summed E-state index contributed by atoms with van der Waals surface area (Å²) in [6.07, 6.45) is 4.86. The third-order valence-electron chi connectivity index (χ3n) is 2.59. The van der Waals surface area contributed by atoms with E-state index in [4.69, 9.17) is 9.47 Å². The zero-order chi connectivity index (χ0) is 17.4. The van der Waals surface area contributed by atoms with Crippen molar-refractivity contribution in [1.82, 2.24) is 0 Å². The largest absolute Gasteiger partial charge is 2.00 e. The zero-order valence-electron chi connectivity index (χ0n) is 14.8. The summed E-state index contributed by atoms with van der Waals surface area (Å²) in [5, 5.41) is 0. The minimum absolute atomic E-state index is 0. The minimum Gasteiger partial charge on any atom is -0.463 e. The van der Waals surface area contributed by atoms with Gasteiger partial charge in [-0.15, -0.1) is 0 Å². The quantitative estimate of drug-likeness (QED) is 0.248. The molecule has 0 bridgehead atoms. The van der Waals surface area contributed by atoms with Gasteiger partial charge in [0.1, 0.15) is 0 Å². The number of unbranched alkanes of at least 4 members (excludes halogenated alkanes) is 2.